The second kappa shape index (κ2) is 10.7. The molecule has 0 spiro atoms. The van der Waals surface area contributed by atoms with Crippen LogP contribution in [0.4, 0.5) is 0 Å². The molecule has 0 bridgehead atoms. The molecule has 32 heavy (non-hydrogen) atoms. The van der Waals surface area contributed by atoms with E-state index in [1.54, 1.807) is 0 Å². The Bertz CT molecular complexity index is 908. The largest absolute Gasteiger partial charge is 0.443 e. The Morgan fingerprint density at radius 2 is 1.22 bits per heavy atom. The van der Waals surface area contributed by atoms with Crippen LogP contribution in [0, 0.1) is 5.92 Å². The summed E-state index contributed by atoms with van der Waals surface area (Å²) in [5.41, 5.74) is 7.22. The molecule has 0 saturated heterocycles. The maximum Gasteiger partial charge on any atom is 0.326 e. The van der Waals surface area contributed by atoms with Crippen molar-refractivity contribution in [2.45, 2.75) is 31.9 Å². The number of nitrogens with one attached hydrogen (secondary N) is 1. The molecule has 0 aromatic heterocycles. The quantitative estimate of drug-likeness (QED) is 0.397. The summed E-state index contributed by atoms with van der Waals surface area (Å²) in [6.45, 7) is 3.73. The Balaban J connectivity index is 1.95. The Morgan fingerprint density at radius 3 is 1.59 bits per heavy atom. The second-order valence-corrected chi connectivity index (χ2v) is 8.21. The van der Waals surface area contributed by atoms with Gasteiger partial charge in [-0.05, 0) is 12.3 Å². The SMILES string of the molecule is CC(C)C[C@H](N)C(=O)NCC(=O)OC(c1ccccc1)(c1ccccc1)c1ccccc1. The van der Waals surface area contributed by atoms with E-state index in [2.05, 4.69) is 5.32 Å². The molecular weight excluding hydrogens is 400 g/mol. The summed E-state index contributed by atoms with van der Waals surface area (Å²) in [5, 5.41) is 2.63. The number of hydrogen-bond donors (Lipinski definition) is 2. The molecular formula is C27H30N2O3. The number of esters is 1. The third kappa shape index (κ3) is 5.42. The zero-order valence-corrected chi connectivity index (χ0v) is 18.5. The zero-order chi connectivity index (χ0) is 23.0. The average Bonchev–Trinajstić information content (AvgIpc) is 2.82. The summed E-state index contributed by atoms with van der Waals surface area (Å²) < 4.78 is 6.21. The lowest BCUT2D eigenvalue weighted by molar-refractivity contribution is -0.153. The van der Waals surface area contributed by atoms with Crippen LogP contribution in [-0.2, 0) is 19.9 Å². The van der Waals surface area contributed by atoms with Gasteiger partial charge in [0.1, 0.15) is 6.54 Å². The Kier molecular flexibility index (Phi) is 7.79. The van der Waals surface area contributed by atoms with Crippen LogP contribution >= 0.6 is 0 Å². The number of carbonyl (C=O) groups excluding carboxylic acids is 2. The van der Waals surface area contributed by atoms with E-state index >= 15 is 0 Å². The molecule has 3 aromatic rings. The van der Waals surface area contributed by atoms with Crippen molar-refractivity contribution < 1.29 is 14.3 Å². The second-order valence-electron chi connectivity index (χ2n) is 8.21. The predicted molar refractivity (Wildman–Crippen MR) is 126 cm³/mol. The number of amides is 1. The minimum absolute atomic E-state index is 0.265. The molecule has 0 radical (unpaired) electrons. The first-order valence-corrected chi connectivity index (χ1v) is 10.8. The number of rotatable bonds is 9. The van der Waals surface area contributed by atoms with Gasteiger partial charge in [-0.2, -0.15) is 0 Å². The van der Waals surface area contributed by atoms with Crippen LogP contribution in [0.5, 0.6) is 0 Å². The van der Waals surface area contributed by atoms with E-state index in [1.165, 1.54) is 0 Å². The van der Waals surface area contributed by atoms with E-state index in [0.717, 1.165) is 16.7 Å². The minimum atomic E-state index is -1.16. The van der Waals surface area contributed by atoms with Gasteiger partial charge in [-0.3, -0.25) is 9.59 Å². The van der Waals surface area contributed by atoms with E-state index in [-0.39, 0.29) is 18.4 Å². The van der Waals surface area contributed by atoms with Crippen LogP contribution in [0.2, 0.25) is 0 Å². The van der Waals surface area contributed by atoms with Gasteiger partial charge in [0, 0.05) is 16.7 Å². The molecule has 3 rings (SSSR count). The van der Waals surface area contributed by atoms with Gasteiger partial charge in [0.05, 0.1) is 6.04 Å². The van der Waals surface area contributed by atoms with Crippen molar-refractivity contribution in [2.75, 3.05) is 6.54 Å². The highest BCUT2D eigenvalue weighted by Gasteiger charge is 2.40. The van der Waals surface area contributed by atoms with Gasteiger partial charge < -0.3 is 15.8 Å². The molecule has 0 aliphatic rings. The summed E-state index contributed by atoms with van der Waals surface area (Å²) in [6, 6.07) is 28.2. The van der Waals surface area contributed by atoms with Crippen LogP contribution in [0.1, 0.15) is 37.0 Å². The molecule has 5 heteroatoms. The molecule has 0 fully saturated rings. The van der Waals surface area contributed by atoms with Crippen LogP contribution in [0.15, 0.2) is 91.0 Å². The number of carbonyl (C=O) groups is 2. The van der Waals surface area contributed by atoms with Crippen LogP contribution in [0.25, 0.3) is 0 Å². The first-order valence-electron chi connectivity index (χ1n) is 10.8. The van der Waals surface area contributed by atoms with Crippen molar-refractivity contribution in [3.8, 4) is 0 Å². The van der Waals surface area contributed by atoms with E-state index in [9.17, 15) is 9.59 Å². The van der Waals surface area contributed by atoms with Crippen molar-refractivity contribution in [1.29, 1.82) is 0 Å². The Hall–Kier alpha value is -3.44. The molecule has 0 unspecified atom stereocenters. The number of hydrogen-bond acceptors (Lipinski definition) is 4. The molecule has 0 saturated carbocycles. The molecule has 3 N–H and O–H groups in total. The lowest BCUT2D eigenvalue weighted by Gasteiger charge is -2.35. The van der Waals surface area contributed by atoms with Gasteiger partial charge in [-0.15, -0.1) is 0 Å². The van der Waals surface area contributed by atoms with Gasteiger partial charge >= 0.3 is 5.97 Å². The maximum absolute atomic E-state index is 13.1. The topological polar surface area (TPSA) is 81.4 Å². The van der Waals surface area contributed by atoms with Crippen molar-refractivity contribution in [3.05, 3.63) is 108 Å². The van der Waals surface area contributed by atoms with Crippen LogP contribution in [-0.4, -0.2) is 24.5 Å². The predicted octanol–water partition coefficient (Wildman–Crippen LogP) is 4.01. The van der Waals surface area contributed by atoms with Gasteiger partial charge in [0.25, 0.3) is 0 Å². The summed E-state index contributed by atoms with van der Waals surface area (Å²) in [7, 11) is 0. The van der Waals surface area contributed by atoms with Gasteiger partial charge in [-0.1, -0.05) is 105 Å². The third-order valence-corrected chi connectivity index (χ3v) is 5.28. The molecule has 5 nitrogen and oxygen atoms in total. The highest BCUT2D eigenvalue weighted by atomic mass is 16.6. The van der Waals surface area contributed by atoms with Crippen molar-refractivity contribution in [2.24, 2.45) is 11.7 Å². The van der Waals surface area contributed by atoms with Crippen molar-refractivity contribution in [1.82, 2.24) is 5.32 Å². The van der Waals surface area contributed by atoms with Gasteiger partial charge in [0.2, 0.25) is 5.91 Å². The first-order chi connectivity index (χ1) is 15.4. The van der Waals surface area contributed by atoms with E-state index in [4.69, 9.17) is 10.5 Å². The van der Waals surface area contributed by atoms with Gasteiger partial charge in [-0.25, -0.2) is 0 Å². The molecule has 3 aromatic carbocycles. The lowest BCUT2D eigenvalue weighted by Crippen LogP contribution is -2.45. The van der Waals surface area contributed by atoms with E-state index in [1.807, 2.05) is 105 Å². The zero-order valence-electron chi connectivity index (χ0n) is 18.5. The standard InChI is InChI=1S/C27H30N2O3/c1-20(2)18-24(28)26(31)29-19-25(30)32-27(21-12-6-3-7-13-21,22-14-8-4-9-15-22)23-16-10-5-11-17-23/h3-17,20,24H,18-19,28H2,1-2H3,(H,29,31)/t24-/m0/s1. The fourth-order valence-electron chi connectivity index (χ4n) is 3.81. The Morgan fingerprint density at radius 1 is 0.812 bits per heavy atom. The number of benzene rings is 3. The highest BCUT2D eigenvalue weighted by Crippen LogP contribution is 2.40. The average molecular weight is 431 g/mol. The number of nitrogens with two attached hydrogens (primary N) is 1. The summed E-state index contributed by atoms with van der Waals surface area (Å²) in [5.74, 6) is -0.628. The molecule has 1 atom stereocenters. The molecule has 0 aliphatic carbocycles. The third-order valence-electron chi connectivity index (χ3n) is 5.28. The van der Waals surface area contributed by atoms with Crippen molar-refractivity contribution >= 4 is 11.9 Å². The molecule has 0 heterocycles. The van der Waals surface area contributed by atoms with Crippen LogP contribution in [0.3, 0.4) is 0 Å². The number of ether oxygens (including phenoxy) is 1. The summed E-state index contributed by atoms with van der Waals surface area (Å²) in [6.07, 6.45) is 0.545. The molecule has 166 valence electrons. The normalized spacial score (nSPS) is 12.2. The van der Waals surface area contributed by atoms with E-state index in [0.29, 0.717) is 6.42 Å². The monoisotopic (exact) mass is 430 g/mol. The minimum Gasteiger partial charge on any atom is -0.443 e. The van der Waals surface area contributed by atoms with Crippen LogP contribution < -0.4 is 11.1 Å². The molecule has 1 amide bonds. The molecule has 0 aliphatic heterocycles. The fraction of sp³-hybridized carbons (Fsp3) is 0.259. The summed E-state index contributed by atoms with van der Waals surface area (Å²) >= 11 is 0. The Labute approximate surface area is 189 Å². The maximum atomic E-state index is 13.1. The van der Waals surface area contributed by atoms with Crippen molar-refractivity contribution in [3.63, 3.8) is 0 Å². The van der Waals surface area contributed by atoms with E-state index < -0.39 is 17.6 Å². The first kappa shape index (κ1) is 23.2. The summed E-state index contributed by atoms with van der Waals surface area (Å²) in [4.78, 5) is 25.4. The fourth-order valence-corrected chi connectivity index (χ4v) is 3.81. The smallest absolute Gasteiger partial charge is 0.326 e. The highest BCUT2D eigenvalue weighted by molar-refractivity contribution is 5.85. The lowest BCUT2D eigenvalue weighted by atomic mass is 9.80. The van der Waals surface area contributed by atoms with Gasteiger partial charge in [0.15, 0.2) is 5.60 Å².